The van der Waals surface area contributed by atoms with E-state index in [0.29, 0.717) is 0 Å². The first-order valence-electron chi connectivity index (χ1n) is 5.90. The standard InChI is InChI=1S/C13H24/c1-4-5-6-7-8-11(2)13-10-9-12(13)3/h6-7,11-13H,4-5,8-10H2,1-3H3. The van der Waals surface area contributed by atoms with Crippen LogP contribution < -0.4 is 0 Å². The first kappa shape index (κ1) is 10.8. The molecule has 3 atom stereocenters. The van der Waals surface area contributed by atoms with Gasteiger partial charge in [-0.05, 0) is 37.0 Å². The molecule has 1 aliphatic carbocycles. The van der Waals surface area contributed by atoms with Crippen LogP contribution in [0.3, 0.4) is 0 Å². The van der Waals surface area contributed by atoms with Gasteiger partial charge in [-0.2, -0.15) is 0 Å². The molecule has 0 aromatic rings. The molecule has 0 amide bonds. The van der Waals surface area contributed by atoms with Crippen LogP contribution in [0.2, 0.25) is 0 Å². The lowest BCUT2D eigenvalue weighted by molar-refractivity contribution is 0.130. The minimum absolute atomic E-state index is 0.914. The van der Waals surface area contributed by atoms with Gasteiger partial charge in [0.2, 0.25) is 0 Å². The Morgan fingerprint density at radius 2 is 2.08 bits per heavy atom. The van der Waals surface area contributed by atoms with Gasteiger partial charge in [0.05, 0.1) is 0 Å². The fraction of sp³-hybridized carbons (Fsp3) is 0.846. The van der Waals surface area contributed by atoms with Gasteiger partial charge in [0.1, 0.15) is 0 Å². The van der Waals surface area contributed by atoms with E-state index in [1.807, 2.05) is 0 Å². The van der Waals surface area contributed by atoms with E-state index in [0.717, 1.165) is 17.8 Å². The highest BCUT2D eigenvalue weighted by molar-refractivity contribution is 4.88. The molecule has 0 aliphatic heterocycles. The lowest BCUT2D eigenvalue weighted by Gasteiger charge is -2.38. The molecule has 0 nitrogen and oxygen atoms in total. The van der Waals surface area contributed by atoms with E-state index in [1.54, 1.807) is 0 Å². The van der Waals surface area contributed by atoms with Crippen molar-refractivity contribution in [1.29, 1.82) is 0 Å². The van der Waals surface area contributed by atoms with Crippen LogP contribution in [0.25, 0.3) is 0 Å². The third-order valence-corrected chi connectivity index (χ3v) is 3.55. The van der Waals surface area contributed by atoms with Gasteiger partial charge >= 0.3 is 0 Å². The van der Waals surface area contributed by atoms with Crippen molar-refractivity contribution in [3.05, 3.63) is 12.2 Å². The van der Waals surface area contributed by atoms with Crippen molar-refractivity contribution in [3.8, 4) is 0 Å². The Labute approximate surface area is 83.4 Å². The van der Waals surface area contributed by atoms with Gasteiger partial charge in [0, 0.05) is 0 Å². The maximum Gasteiger partial charge on any atom is -0.0322 e. The van der Waals surface area contributed by atoms with Gasteiger partial charge < -0.3 is 0 Å². The SMILES string of the molecule is CCCC=CCC(C)C1CCC1C. The summed E-state index contributed by atoms with van der Waals surface area (Å²) in [7, 11) is 0. The normalized spacial score (nSPS) is 30.4. The van der Waals surface area contributed by atoms with E-state index >= 15 is 0 Å². The van der Waals surface area contributed by atoms with Crippen molar-refractivity contribution in [1.82, 2.24) is 0 Å². The van der Waals surface area contributed by atoms with Gasteiger partial charge in [0.15, 0.2) is 0 Å². The number of hydrogen-bond acceptors (Lipinski definition) is 0. The Kier molecular flexibility index (Phi) is 4.55. The second-order valence-corrected chi connectivity index (χ2v) is 4.69. The van der Waals surface area contributed by atoms with Crippen LogP contribution in [0.1, 0.15) is 52.9 Å². The predicted octanol–water partition coefficient (Wildman–Crippen LogP) is 4.42. The maximum atomic E-state index is 2.41. The van der Waals surface area contributed by atoms with Gasteiger partial charge in [-0.15, -0.1) is 0 Å². The number of allylic oxidation sites excluding steroid dienone is 2. The summed E-state index contributed by atoms with van der Waals surface area (Å²) in [6, 6.07) is 0. The molecule has 0 aromatic carbocycles. The maximum absolute atomic E-state index is 2.41. The molecule has 13 heavy (non-hydrogen) atoms. The zero-order chi connectivity index (χ0) is 9.68. The van der Waals surface area contributed by atoms with Crippen LogP contribution in [0, 0.1) is 17.8 Å². The first-order valence-corrected chi connectivity index (χ1v) is 5.90. The van der Waals surface area contributed by atoms with E-state index in [4.69, 9.17) is 0 Å². The lowest BCUT2D eigenvalue weighted by atomic mass is 9.68. The highest BCUT2D eigenvalue weighted by Gasteiger charge is 2.30. The summed E-state index contributed by atoms with van der Waals surface area (Å²) in [5, 5.41) is 0. The smallest absolute Gasteiger partial charge is 0.0322 e. The van der Waals surface area contributed by atoms with Crippen LogP contribution in [0.15, 0.2) is 12.2 Å². The zero-order valence-electron chi connectivity index (χ0n) is 9.42. The second kappa shape index (κ2) is 5.47. The monoisotopic (exact) mass is 180 g/mol. The molecule has 1 rings (SSSR count). The van der Waals surface area contributed by atoms with E-state index < -0.39 is 0 Å². The summed E-state index contributed by atoms with van der Waals surface area (Å²) in [5.74, 6) is 2.93. The third-order valence-electron chi connectivity index (χ3n) is 3.55. The Morgan fingerprint density at radius 3 is 2.54 bits per heavy atom. The molecule has 0 spiro atoms. The average molecular weight is 180 g/mol. The minimum Gasteiger partial charge on any atom is -0.0885 e. The fourth-order valence-corrected chi connectivity index (χ4v) is 2.31. The summed E-state index contributed by atoms with van der Waals surface area (Å²) >= 11 is 0. The van der Waals surface area contributed by atoms with Crippen molar-refractivity contribution < 1.29 is 0 Å². The van der Waals surface area contributed by atoms with Crippen molar-refractivity contribution in [2.75, 3.05) is 0 Å². The van der Waals surface area contributed by atoms with Crippen molar-refractivity contribution in [2.24, 2.45) is 17.8 Å². The molecule has 3 unspecified atom stereocenters. The minimum atomic E-state index is 0.914. The summed E-state index contributed by atoms with van der Waals surface area (Å²) in [6.07, 6.45) is 11.5. The molecular formula is C13H24. The summed E-state index contributed by atoms with van der Waals surface area (Å²) < 4.78 is 0. The number of hydrogen-bond donors (Lipinski definition) is 0. The molecule has 76 valence electrons. The highest BCUT2D eigenvalue weighted by Crippen LogP contribution is 2.40. The summed E-state index contributed by atoms with van der Waals surface area (Å²) in [4.78, 5) is 0. The van der Waals surface area contributed by atoms with Crippen molar-refractivity contribution in [3.63, 3.8) is 0 Å². The molecule has 0 N–H and O–H groups in total. The highest BCUT2D eigenvalue weighted by atomic mass is 14.4. The molecule has 0 bridgehead atoms. The summed E-state index contributed by atoms with van der Waals surface area (Å²) in [5.41, 5.74) is 0. The van der Waals surface area contributed by atoms with Crippen molar-refractivity contribution in [2.45, 2.75) is 52.9 Å². The summed E-state index contributed by atoms with van der Waals surface area (Å²) in [6.45, 7) is 7.05. The number of unbranched alkanes of at least 4 members (excludes halogenated alkanes) is 1. The number of rotatable bonds is 5. The molecule has 0 radical (unpaired) electrons. The zero-order valence-corrected chi connectivity index (χ0v) is 9.42. The van der Waals surface area contributed by atoms with Gasteiger partial charge in [0.25, 0.3) is 0 Å². The second-order valence-electron chi connectivity index (χ2n) is 4.69. The van der Waals surface area contributed by atoms with Crippen LogP contribution >= 0.6 is 0 Å². The lowest BCUT2D eigenvalue weighted by Crippen LogP contribution is -2.28. The Balaban J connectivity index is 2.13. The van der Waals surface area contributed by atoms with Crippen LogP contribution in [-0.2, 0) is 0 Å². The van der Waals surface area contributed by atoms with Crippen LogP contribution in [-0.4, -0.2) is 0 Å². The van der Waals surface area contributed by atoms with E-state index in [9.17, 15) is 0 Å². The Morgan fingerprint density at radius 1 is 1.31 bits per heavy atom. The van der Waals surface area contributed by atoms with E-state index in [1.165, 1.54) is 32.1 Å². The predicted molar refractivity (Wildman–Crippen MR) is 59.7 cm³/mol. The Bertz CT molecular complexity index is 157. The van der Waals surface area contributed by atoms with Gasteiger partial charge in [-0.1, -0.05) is 45.8 Å². The molecule has 1 fully saturated rings. The topological polar surface area (TPSA) is 0 Å². The molecule has 0 heterocycles. The van der Waals surface area contributed by atoms with E-state index in [2.05, 4.69) is 32.9 Å². The molecular weight excluding hydrogens is 156 g/mol. The Hall–Kier alpha value is -0.260. The van der Waals surface area contributed by atoms with E-state index in [-0.39, 0.29) is 0 Å². The van der Waals surface area contributed by atoms with Crippen molar-refractivity contribution >= 4 is 0 Å². The largest absolute Gasteiger partial charge is 0.0885 e. The first-order chi connectivity index (χ1) is 6.25. The van der Waals surface area contributed by atoms with Gasteiger partial charge in [-0.25, -0.2) is 0 Å². The van der Waals surface area contributed by atoms with Gasteiger partial charge in [-0.3, -0.25) is 0 Å². The molecule has 1 aliphatic rings. The quantitative estimate of drug-likeness (QED) is 0.550. The average Bonchev–Trinajstić information content (AvgIpc) is 2.10. The molecule has 0 saturated heterocycles. The third kappa shape index (κ3) is 3.17. The van der Waals surface area contributed by atoms with Crippen LogP contribution in [0.4, 0.5) is 0 Å². The molecule has 0 heteroatoms. The molecule has 0 aromatic heterocycles. The fourth-order valence-electron chi connectivity index (χ4n) is 2.31. The van der Waals surface area contributed by atoms with Crippen LogP contribution in [0.5, 0.6) is 0 Å². The molecule has 1 saturated carbocycles.